The molecule has 1 heterocycles. The van der Waals surface area contributed by atoms with Crippen molar-refractivity contribution in [2.45, 2.75) is 24.9 Å². The fraction of sp³-hybridized carbons (Fsp3) is 0.312. The van der Waals surface area contributed by atoms with Crippen LogP contribution in [0.15, 0.2) is 42.9 Å². The highest BCUT2D eigenvalue weighted by molar-refractivity contribution is 5.87. The number of benzene rings is 1. The lowest BCUT2D eigenvalue weighted by Crippen LogP contribution is -2.50. The summed E-state index contributed by atoms with van der Waals surface area (Å²) in [7, 11) is 1.29. The number of nitrogens with two attached hydrogens (primary N) is 1. The van der Waals surface area contributed by atoms with E-state index in [0.717, 1.165) is 11.3 Å². The highest BCUT2D eigenvalue weighted by atomic mass is 35.5. The number of nitrogens with one attached hydrogen (secondary N) is 2. The van der Waals surface area contributed by atoms with Crippen molar-refractivity contribution >= 4 is 36.7 Å². The average Bonchev–Trinajstić information content (AvgIpc) is 3.07. The molecule has 0 aliphatic heterocycles. The first kappa shape index (κ1) is 22.9. The van der Waals surface area contributed by atoms with E-state index in [1.54, 1.807) is 6.20 Å². The number of hydrogen-bond donors (Lipinski definition) is 3. The van der Waals surface area contributed by atoms with E-state index in [0.29, 0.717) is 12.8 Å². The minimum Gasteiger partial charge on any atom is -0.467 e. The van der Waals surface area contributed by atoms with E-state index < -0.39 is 24.0 Å². The van der Waals surface area contributed by atoms with Crippen molar-refractivity contribution in [3.8, 4) is 0 Å². The van der Waals surface area contributed by atoms with Gasteiger partial charge in [-0.2, -0.15) is 0 Å². The number of H-pyrrole nitrogens is 1. The van der Waals surface area contributed by atoms with Gasteiger partial charge in [0.2, 0.25) is 5.91 Å². The fourth-order valence-corrected chi connectivity index (χ4v) is 2.19. The molecule has 2 aromatic rings. The molecule has 7 nitrogen and oxygen atoms in total. The van der Waals surface area contributed by atoms with Gasteiger partial charge >= 0.3 is 5.97 Å². The largest absolute Gasteiger partial charge is 0.467 e. The minimum atomic E-state index is -0.779. The van der Waals surface area contributed by atoms with E-state index in [1.807, 2.05) is 30.3 Å². The van der Waals surface area contributed by atoms with Gasteiger partial charge in [-0.25, -0.2) is 9.78 Å². The maximum Gasteiger partial charge on any atom is 0.328 e. The number of halogens is 2. The van der Waals surface area contributed by atoms with Crippen LogP contribution in [0.2, 0.25) is 0 Å². The first-order valence-corrected chi connectivity index (χ1v) is 7.25. The summed E-state index contributed by atoms with van der Waals surface area (Å²) in [5, 5.41) is 2.66. The van der Waals surface area contributed by atoms with Crippen molar-refractivity contribution in [1.82, 2.24) is 15.3 Å². The van der Waals surface area contributed by atoms with Crippen molar-refractivity contribution in [3.05, 3.63) is 54.1 Å². The van der Waals surface area contributed by atoms with Crippen LogP contribution in [-0.2, 0) is 27.2 Å². The lowest BCUT2D eigenvalue weighted by atomic mass is 10.0. The van der Waals surface area contributed by atoms with Gasteiger partial charge in [0.1, 0.15) is 6.04 Å². The van der Waals surface area contributed by atoms with Crippen LogP contribution in [0, 0.1) is 0 Å². The molecule has 2 atom stereocenters. The molecule has 1 amide bonds. The summed E-state index contributed by atoms with van der Waals surface area (Å²) in [6.45, 7) is 0. The number of carbonyl (C=O) groups excluding carboxylic acids is 2. The topological polar surface area (TPSA) is 110 Å². The second-order valence-corrected chi connectivity index (χ2v) is 5.16. The molecule has 138 valence electrons. The number of imidazole rings is 1. The summed E-state index contributed by atoms with van der Waals surface area (Å²) in [5.74, 6) is -0.915. The van der Waals surface area contributed by atoms with Gasteiger partial charge in [0.15, 0.2) is 0 Å². The number of ether oxygens (including phenoxy) is 1. The van der Waals surface area contributed by atoms with E-state index in [1.165, 1.54) is 13.4 Å². The maximum absolute atomic E-state index is 12.2. The first-order chi connectivity index (χ1) is 11.1. The quantitative estimate of drug-likeness (QED) is 0.613. The first-order valence-electron chi connectivity index (χ1n) is 7.25. The van der Waals surface area contributed by atoms with Gasteiger partial charge in [0.05, 0.1) is 19.5 Å². The molecule has 0 aliphatic rings. The molecule has 0 saturated carbocycles. The molecular formula is C16H22Cl2N4O3. The Balaban J connectivity index is 0.00000288. The zero-order valence-corrected chi connectivity index (χ0v) is 15.3. The number of amides is 1. The molecule has 2 rings (SSSR count). The Kier molecular flexibility index (Phi) is 10.5. The Morgan fingerprint density at radius 1 is 1.24 bits per heavy atom. The van der Waals surface area contributed by atoms with Gasteiger partial charge < -0.3 is 20.8 Å². The number of hydrogen-bond acceptors (Lipinski definition) is 5. The maximum atomic E-state index is 12.2. The Morgan fingerprint density at radius 2 is 1.92 bits per heavy atom. The van der Waals surface area contributed by atoms with Crippen LogP contribution < -0.4 is 11.1 Å². The zero-order valence-electron chi connectivity index (χ0n) is 13.7. The van der Waals surface area contributed by atoms with Gasteiger partial charge in [-0.1, -0.05) is 30.3 Å². The van der Waals surface area contributed by atoms with Crippen molar-refractivity contribution in [2.24, 2.45) is 5.73 Å². The molecule has 4 N–H and O–H groups in total. The molecule has 25 heavy (non-hydrogen) atoms. The summed E-state index contributed by atoms with van der Waals surface area (Å²) < 4.78 is 4.76. The number of methoxy groups -OCH3 is 1. The van der Waals surface area contributed by atoms with Crippen LogP contribution in [0.1, 0.15) is 11.3 Å². The van der Waals surface area contributed by atoms with E-state index >= 15 is 0 Å². The Morgan fingerprint density at radius 3 is 2.48 bits per heavy atom. The molecule has 0 bridgehead atoms. The second-order valence-electron chi connectivity index (χ2n) is 5.16. The van der Waals surface area contributed by atoms with E-state index in [4.69, 9.17) is 10.5 Å². The number of aromatic amines is 1. The van der Waals surface area contributed by atoms with Crippen LogP contribution in [0.5, 0.6) is 0 Å². The second kappa shape index (κ2) is 11.5. The smallest absolute Gasteiger partial charge is 0.328 e. The van der Waals surface area contributed by atoms with Crippen LogP contribution in [0.3, 0.4) is 0 Å². The highest BCUT2D eigenvalue weighted by Crippen LogP contribution is 2.05. The lowest BCUT2D eigenvalue weighted by molar-refractivity contribution is -0.145. The highest BCUT2D eigenvalue weighted by Gasteiger charge is 2.25. The van der Waals surface area contributed by atoms with Crippen molar-refractivity contribution < 1.29 is 14.3 Å². The van der Waals surface area contributed by atoms with E-state index in [2.05, 4.69) is 15.3 Å². The zero-order chi connectivity index (χ0) is 16.7. The lowest BCUT2D eigenvalue weighted by Gasteiger charge is -2.19. The number of carbonyl (C=O) groups is 2. The van der Waals surface area contributed by atoms with Crippen LogP contribution in [0.25, 0.3) is 0 Å². The van der Waals surface area contributed by atoms with Crippen molar-refractivity contribution in [2.75, 3.05) is 7.11 Å². The van der Waals surface area contributed by atoms with Gasteiger partial charge in [0, 0.05) is 24.7 Å². The monoisotopic (exact) mass is 388 g/mol. The predicted octanol–water partition coefficient (Wildman–Crippen LogP) is 1.02. The summed E-state index contributed by atoms with van der Waals surface area (Å²) >= 11 is 0. The number of aromatic nitrogens is 2. The molecule has 0 unspecified atom stereocenters. The summed E-state index contributed by atoms with van der Waals surface area (Å²) in [5.41, 5.74) is 7.56. The third kappa shape index (κ3) is 7.13. The SMILES string of the molecule is COC(=O)[C@@H](Cc1ccccc1)NC(=O)[C@H](N)Cc1cnc[nH]1.Cl.Cl. The Labute approximate surface area is 158 Å². The third-order valence-electron chi connectivity index (χ3n) is 3.42. The molecule has 0 radical (unpaired) electrons. The molecule has 0 saturated heterocycles. The van der Waals surface area contributed by atoms with Gasteiger partial charge in [-0.05, 0) is 5.56 Å². The van der Waals surface area contributed by atoms with Gasteiger partial charge in [0.25, 0.3) is 0 Å². The van der Waals surface area contributed by atoms with Crippen LogP contribution in [-0.4, -0.2) is 41.0 Å². The predicted molar refractivity (Wildman–Crippen MR) is 98.9 cm³/mol. The Bertz CT molecular complexity index is 638. The van der Waals surface area contributed by atoms with Gasteiger partial charge in [-0.3, -0.25) is 4.79 Å². The average molecular weight is 389 g/mol. The van der Waals surface area contributed by atoms with E-state index in [9.17, 15) is 9.59 Å². The normalized spacial score (nSPS) is 12.1. The summed E-state index contributed by atoms with van der Waals surface area (Å²) in [6.07, 6.45) is 3.78. The van der Waals surface area contributed by atoms with Crippen molar-refractivity contribution in [1.29, 1.82) is 0 Å². The minimum absolute atomic E-state index is 0. The van der Waals surface area contributed by atoms with Gasteiger partial charge in [-0.15, -0.1) is 24.8 Å². The third-order valence-corrected chi connectivity index (χ3v) is 3.42. The van der Waals surface area contributed by atoms with Crippen molar-refractivity contribution in [3.63, 3.8) is 0 Å². The number of rotatable bonds is 7. The number of esters is 1. The fourth-order valence-electron chi connectivity index (χ4n) is 2.19. The molecule has 1 aromatic heterocycles. The van der Waals surface area contributed by atoms with E-state index in [-0.39, 0.29) is 24.8 Å². The van der Waals surface area contributed by atoms with Crippen LogP contribution >= 0.6 is 24.8 Å². The standard InChI is InChI=1S/C16H20N4O3.2ClH/c1-23-16(22)14(7-11-5-3-2-4-6-11)20-15(21)13(17)8-12-9-18-10-19-12;;/h2-6,9-10,13-14H,7-8,17H2,1H3,(H,18,19)(H,20,21);2*1H/t13-,14-;;/m1../s1. The Hall–Kier alpha value is -2.09. The molecule has 0 aliphatic carbocycles. The molecule has 0 fully saturated rings. The number of nitrogens with zero attached hydrogens (tertiary/aromatic N) is 1. The summed E-state index contributed by atoms with van der Waals surface area (Å²) in [6, 6.07) is 7.83. The molecule has 0 spiro atoms. The van der Waals surface area contributed by atoms with Crippen LogP contribution in [0.4, 0.5) is 0 Å². The molecular weight excluding hydrogens is 367 g/mol. The summed E-state index contributed by atoms with van der Waals surface area (Å²) in [4.78, 5) is 30.9. The molecule has 9 heteroatoms. The molecule has 1 aromatic carbocycles.